The van der Waals surface area contributed by atoms with Crippen LogP contribution in [0.2, 0.25) is 0 Å². The predicted octanol–water partition coefficient (Wildman–Crippen LogP) is 4.29. The summed E-state index contributed by atoms with van der Waals surface area (Å²) < 4.78 is 0. The number of pyridine rings is 1. The van der Waals surface area contributed by atoms with Gasteiger partial charge >= 0.3 is 0 Å². The maximum atomic E-state index is 4.86. The van der Waals surface area contributed by atoms with E-state index in [4.69, 9.17) is 4.98 Å². The Labute approximate surface area is 131 Å². The highest BCUT2D eigenvalue weighted by Crippen LogP contribution is 2.19. The Morgan fingerprint density at radius 3 is 2.43 bits per heavy atom. The van der Waals surface area contributed by atoms with E-state index in [1.807, 2.05) is 0 Å². The van der Waals surface area contributed by atoms with Gasteiger partial charge in [-0.2, -0.15) is 0 Å². The first-order valence-electron chi connectivity index (χ1n) is 8.46. The number of unbranched alkanes of at least 4 members (excludes halogenated alkanes) is 1. The van der Waals surface area contributed by atoms with E-state index in [1.54, 1.807) is 0 Å². The molecule has 0 bridgehead atoms. The minimum absolute atomic E-state index is 0.505. The quantitative estimate of drug-likeness (QED) is 0.735. The molecule has 0 saturated carbocycles. The van der Waals surface area contributed by atoms with Crippen molar-refractivity contribution in [3.63, 3.8) is 0 Å². The van der Waals surface area contributed by atoms with Gasteiger partial charge in [-0.1, -0.05) is 40.2 Å². The number of aryl methyl sites for hydroxylation is 1. The van der Waals surface area contributed by atoms with Gasteiger partial charge in [-0.05, 0) is 38.3 Å². The smallest absolute Gasteiger partial charge is 0.129 e. The normalized spacial score (nSPS) is 12.7. The standard InChI is InChI=1S/C18H33N3/c1-7-9-12-21(15(5)8-2)18-11-10-17(16(6)20-18)13-19-14(3)4/h10-11,14-15,19H,7-9,12-13H2,1-6H3. The first-order valence-corrected chi connectivity index (χ1v) is 8.46. The van der Waals surface area contributed by atoms with E-state index < -0.39 is 0 Å². The van der Waals surface area contributed by atoms with Crippen molar-refractivity contribution in [2.24, 2.45) is 0 Å². The molecule has 0 aliphatic carbocycles. The topological polar surface area (TPSA) is 28.2 Å². The van der Waals surface area contributed by atoms with Gasteiger partial charge < -0.3 is 10.2 Å². The van der Waals surface area contributed by atoms with Crippen LogP contribution >= 0.6 is 0 Å². The van der Waals surface area contributed by atoms with Crippen LogP contribution in [0.15, 0.2) is 12.1 Å². The monoisotopic (exact) mass is 291 g/mol. The van der Waals surface area contributed by atoms with Gasteiger partial charge in [0.15, 0.2) is 0 Å². The van der Waals surface area contributed by atoms with Crippen molar-refractivity contribution in [1.29, 1.82) is 0 Å². The lowest BCUT2D eigenvalue weighted by molar-refractivity contribution is 0.580. The zero-order valence-corrected chi connectivity index (χ0v) is 14.7. The Hall–Kier alpha value is -1.09. The number of aromatic nitrogens is 1. The van der Waals surface area contributed by atoms with E-state index in [9.17, 15) is 0 Å². The predicted molar refractivity (Wildman–Crippen MR) is 93.0 cm³/mol. The first kappa shape index (κ1) is 18.0. The molecule has 1 atom stereocenters. The van der Waals surface area contributed by atoms with Crippen molar-refractivity contribution in [3.8, 4) is 0 Å². The van der Waals surface area contributed by atoms with Crippen LogP contribution in [-0.4, -0.2) is 23.6 Å². The van der Waals surface area contributed by atoms with Gasteiger partial charge in [0.25, 0.3) is 0 Å². The van der Waals surface area contributed by atoms with E-state index in [0.717, 1.165) is 31.0 Å². The fraction of sp³-hybridized carbons (Fsp3) is 0.722. The summed E-state index contributed by atoms with van der Waals surface area (Å²) in [5.41, 5.74) is 2.44. The Kier molecular flexibility index (Phi) is 7.73. The van der Waals surface area contributed by atoms with Crippen molar-refractivity contribution in [2.75, 3.05) is 11.4 Å². The van der Waals surface area contributed by atoms with Crippen LogP contribution in [0, 0.1) is 6.92 Å². The fourth-order valence-corrected chi connectivity index (χ4v) is 2.35. The largest absolute Gasteiger partial charge is 0.354 e. The van der Waals surface area contributed by atoms with Gasteiger partial charge in [-0.3, -0.25) is 0 Å². The summed E-state index contributed by atoms with van der Waals surface area (Å²) in [6.07, 6.45) is 3.60. The number of rotatable bonds is 9. The molecule has 0 spiro atoms. The average molecular weight is 291 g/mol. The zero-order chi connectivity index (χ0) is 15.8. The van der Waals surface area contributed by atoms with E-state index in [-0.39, 0.29) is 0 Å². The molecule has 0 aliphatic rings. The summed E-state index contributed by atoms with van der Waals surface area (Å²) in [6, 6.07) is 5.47. The molecule has 1 rings (SSSR count). The summed E-state index contributed by atoms with van der Waals surface area (Å²) >= 11 is 0. The van der Waals surface area contributed by atoms with Crippen molar-refractivity contribution >= 4 is 5.82 Å². The Morgan fingerprint density at radius 1 is 1.19 bits per heavy atom. The molecule has 0 radical (unpaired) electrons. The van der Waals surface area contributed by atoms with E-state index >= 15 is 0 Å². The van der Waals surface area contributed by atoms with E-state index in [2.05, 4.69) is 63.9 Å². The summed E-state index contributed by atoms with van der Waals surface area (Å²) in [5, 5.41) is 3.47. The Bertz CT molecular complexity index is 415. The average Bonchev–Trinajstić information content (AvgIpc) is 2.46. The summed E-state index contributed by atoms with van der Waals surface area (Å²) in [5.74, 6) is 1.13. The number of hydrogen-bond acceptors (Lipinski definition) is 3. The van der Waals surface area contributed by atoms with Crippen molar-refractivity contribution < 1.29 is 0 Å². The van der Waals surface area contributed by atoms with E-state index in [1.165, 1.54) is 18.4 Å². The molecule has 3 nitrogen and oxygen atoms in total. The van der Waals surface area contributed by atoms with Crippen LogP contribution in [0.25, 0.3) is 0 Å². The van der Waals surface area contributed by atoms with Gasteiger partial charge in [-0.15, -0.1) is 0 Å². The van der Waals surface area contributed by atoms with Crippen LogP contribution in [-0.2, 0) is 6.54 Å². The summed E-state index contributed by atoms with van der Waals surface area (Å²) in [7, 11) is 0. The molecule has 1 unspecified atom stereocenters. The third-order valence-corrected chi connectivity index (χ3v) is 4.05. The highest BCUT2D eigenvalue weighted by molar-refractivity contribution is 5.42. The Morgan fingerprint density at radius 2 is 1.90 bits per heavy atom. The van der Waals surface area contributed by atoms with Crippen LogP contribution < -0.4 is 10.2 Å². The number of nitrogens with zero attached hydrogens (tertiary/aromatic N) is 2. The van der Waals surface area contributed by atoms with E-state index in [0.29, 0.717) is 12.1 Å². The lowest BCUT2D eigenvalue weighted by Crippen LogP contribution is -2.34. The molecular weight excluding hydrogens is 258 g/mol. The molecule has 0 amide bonds. The number of anilines is 1. The van der Waals surface area contributed by atoms with Gasteiger partial charge in [0.1, 0.15) is 5.82 Å². The van der Waals surface area contributed by atoms with Crippen molar-refractivity contribution in [2.45, 2.75) is 79.4 Å². The first-order chi connectivity index (χ1) is 9.99. The van der Waals surface area contributed by atoms with Gasteiger partial charge in [-0.25, -0.2) is 4.98 Å². The minimum Gasteiger partial charge on any atom is -0.354 e. The third kappa shape index (κ3) is 5.66. The fourth-order valence-electron chi connectivity index (χ4n) is 2.35. The van der Waals surface area contributed by atoms with Gasteiger partial charge in [0, 0.05) is 30.9 Å². The van der Waals surface area contributed by atoms with Crippen LogP contribution in [0.4, 0.5) is 5.82 Å². The van der Waals surface area contributed by atoms with Crippen LogP contribution in [0.1, 0.15) is 65.1 Å². The van der Waals surface area contributed by atoms with Gasteiger partial charge in [0.2, 0.25) is 0 Å². The third-order valence-electron chi connectivity index (χ3n) is 4.05. The lowest BCUT2D eigenvalue weighted by atomic mass is 10.1. The zero-order valence-electron chi connectivity index (χ0n) is 14.7. The molecule has 1 aromatic rings. The molecule has 0 saturated heterocycles. The highest BCUT2D eigenvalue weighted by Gasteiger charge is 2.14. The second kappa shape index (κ2) is 9.04. The number of hydrogen-bond donors (Lipinski definition) is 1. The van der Waals surface area contributed by atoms with Crippen LogP contribution in [0.3, 0.4) is 0 Å². The Balaban J connectivity index is 2.87. The molecule has 1 N–H and O–H groups in total. The molecule has 0 aromatic carbocycles. The minimum atomic E-state index is 0.505. The maximum absolute atomic E-state index is 4.86. The summed E-state index contributed by atoms with van der Waals surface area (Å²) in [6.45, 7) is 15.2. The molecule has 0 fully saturated rings. The maximum Gasteiger partial charge on any atom is 0.129 e. The molecule has 1 heterocycles. The van der Waals surface area contributed by atoms with Gasteiger partial charge in [0.05, 0.1) is 0 Å². The second-order valence-corrected chi connectivity index (χ2v) is 6.25. The highest BCUT2D eigenvalue weighted by atomic mass is 15.2. The summed E-state index contributed by atoms with van der Waals surface area (Å²) in [4.78, 5) is 7.31. The molecule has 3 heteroatoms. The SMILES string of the molecule is CCCCN(c1ccc(CNC(C)C)c(C)n1)C(C)CC. The van der Waals surface area contributed by atoms with Crippen molar-refractivity contribution in [1.82, 2.24) is 10.3 Å². The molecule has 21 heavy (non-hydrogen) atoms. The molecule has 0 aliphatic heterocycles. The molecular formula is C18H33N3. The molecule has 120 valence electrons. The molecule has 1 aromatic heterocycles. The second-order valence-electron chi connectivity index (χ2n) is 6.25. The lowest BCUT2D eigenvalue weighted by Gasteiger charge is -2.30. The number of nitrogens with one attached hydrogen (secondary N) is 1. The van der Waals surface area contributed by atoms with Crippen molar-refractivity contribution in [3.05, 3.63) is 23.4 Å². The van der Waals surface area contributed by atoms with Crippen LogP contribution in [0.5, 0.6) is 0 Å².